The lowest BCUT2D eigenvalue weighted by molar-refractivity contribution is 0.112. The van der Waals surface area contributed by atoms with Gasteiger partial charge in [0.05, 0.1) is 13.2 Å². The molecule has 2 aromatic carbocycles. The third kappa shape index (κ3) is 5.29. The van der Waals surface area contributed by atoms with E-state index in [9.17, 15) is 4.79 Å². The second kappa shape index (κ2) is 8.79. The van der Waals surface area contributed by atoms with Gasteiger partial charge in [0.2, 0.25) is 0 Å². The van der Waals surface area contributed by atoms with Crippen LogP contribution in [0.25, 0.3) is 0 Å². The van der Waals surface area contributed by atoms with Gasteiger partial charge < -0.3 is 9.47 Å². The molecule has 120 valence electrons. The van der Waals surface area contributed by atoms with Gasteiger partial charge in [-0.25, -0.2) is 0 Å². The largest absolute Gasteiger partial charge is 0.493 e. The Labute approximate surface area is 137 Å². The average molecular weight is 310 g/mol. The molecule has 2 aromatic rings. The number of carbonyl (C=O) groups is 1. The van der Waals surface area contributed by atoms with Crippen molar-refractivity contribution in [1.82, 2.24) is 0 Å². The van der Waals surface area contributed by atoms with Crippen LogP contribution in [0.1, 0.15) is 27.9 Å². The lowest BCUT2D eigenvalue weighted by Gasteiger charge is -2.11. The van der Waals surface area contributed by atoms with E-state index in [2.05, 4.69) is 6.58 Å². The predicted molar refractivity (Wildman–Crippen MR) is 92.5 cm³/mol. The van der Waals surface area contributed by atoms with Crippen LogP contribution in [-0.2, 0) is 6.42 Å². The van der Waals surface area contributed by atoms with Crippen LogP contribution in [0.15, 0.2) is 55.1 Å². The Bertz CT molecular complexity index is 644. The third-order valence-electron chi connectivity index (χ3n) is 3.42. The molecule has 0 amide bonds. The Morgan fingerprint density at radius 1 is 1.04 bits per heavy atom. The monoisotopic (exact) mass is 310 g/mol. The highest BCUT2D eigenvalue weighted by molar-refractivity contribution is 5.75. The van der Waals surface area contributed by atoms with E-state index in [1.54, 1.807) is 12.1 Å². The maximum Gasteiger partial charge on any atom is 0.150 e. The molecule has 0 spiro atoms. The smallest absolute Gasteiger partial charge is 0.150 e. The number of rotatable bonds is 9. The highest BCUT2D eigenvalue weighted by atomic mass is 16.5. The fourth-order valence-corrected chi connectivity index (χ4v) is 2.19. The number of hydrogen-bond donors (Lipinski definition) is 0. The molecule has 0 aromatic heterocycles. The standard InChI is InChI=1S/C20H22O3/c1-3-5-18-14-17(15-21)8-11-20(18)23-13-4-12-22-19-9-6-16(2)7-10-19/h3,6-11,14-15H,1,4-5,12-13H2,2H3. The third-order valence-corrected chi connectivity index (χ3v) is 3.42. The summed E-state index contributed by atoms with van der Waals surface area (Å²) < 4.78 is 11.5. The van der Waals surface area contributed by atoms with Gasteiger partial charge in [0.1, 0.15) is 17.8 Å². The first-order valence-electron chi connectivity index (χ1n) is 7.74. The molecule has 0 heterocycles. The molecule has 0 saturated carbocycles. The Morgan fingerprint density at radius 2 is 1.78 bits per heavy atom. The average Bonchev–Trinajstić information content (AvgIpc) is 2.57. The first-order chi connectivity index (χ1) is 11.2. The highest BCUT2D eigenvalue weighted by Gasteiger charge is 2.04. The van der Waals surface area contributed by atoms with Crippen LogP contribution in [0.2, 0.25) is 0 Å². The Balaban J connectivity index is 1.80. The van der Waals surface area contributed by atoms with E-state index in [4.69, 9.17) is 9.47 Å². The fourth-order valence-electron chi connectivity index (χ4n) is 2.19. The second-order valence-electron chi connectivity index (χ2n) is 5.34. The molecule has 0 aliphatic carbocycles. The molecule has 0 atom stereocenters. The van der Waals surface area contributed by atoms with Crippen LogP contribution in [0, 0.1) is 6.92 Å². The summed E-state index contributed by atoms with van der Waals surface area (Å²) in [6.45, 7) is 6.96. The van der Waals surface area contributed by atoms with Crippen LogP contribution >= 0.6 is 0 Å². The fraction of sp³-hybridized carbons (Fsp3) is 0.250. The van der Waals surface area contributed by atoms with Crippen molar-refractivity contribution in [3.8, 4) is 11.5 Å². The number of allylic oxidation sites excluding steroid dienone is 1. The summed E-state index contributed by atoms with van der Waals surface area (Å²) in [6, 6.07) is 13.4. The van der Waals surface area contributed by atoms with Gasteiger partial charge in [-0.3, -0.25) is 4.79 Å². The van der Waals surface area contributed by atoms with E-state index >= 15 is 0 Å². The number of ether oxygens (including phenoxy) is 2. The van der Waals surface area contributed by atoms with Gasteiger partial charge in [-0.15, -0.1) is 6.58 Å². The van der Waals surface area contributed by atoms with Crippen LogP contribution in [0.3, 0.4) is 0 Å². The zero-order valence-electron chi connectivity index (χ0n) is 13.5. The van der Waals surface area contributed by atoms with Crippen molar-refractivity contribution in [2.75, 3.05) is 13.2 Å². The van der Waals surface area contributed by atoms with E-state index in [0.717, 1.165) is 29.8 Å². The normalized spacial score (nSPS) is 10.1. The van der Waals surface area contributed by atoms with Gasteiger partial charge >= 0.3 is 0 Å². The number of aldehydes is 1. The molecule has 0 radical (unpaired) electrons. The van der Waals surface area contributed by atoms with Crippen molar-refractivity contribution in [2.24, 2.45) is 0 Å². The molecule has 0 fully saturated rings. The van der Waals surface area contributed by atoms with Gasteiger partial charge in [0.25, 0.3) is 0 Å². The van der Waals surface area contributed by atoms with Gasteiger partial charge in [0, 0.05) is 12.0 Å². The summed E-state index contributed by atoms with van der Waals surface area (Å²) in [6.07, 6.45) is 4.11. The number of hydrogen-bond acceptors (Lipinski definition) is 3. The van der Waals surface area contributed by atoms with Crippen LogP contribution in [0.5, 0.6) is 11.5 Å². The van der Waals surface area contributed by atoms with Crippen molar-refractivity contribution < 1.29 is 14.3 Å². The maximum atomic E-state index is 10.8. The second-order valence-corrected chi connectivity index (χ2v) is 5.34. The lowest BCUT2D eigenvalue weighted by atomic mass is 10.1. The maximum absolute atomic E-state index is 10.8. The van der Waals surface area contributed by atoms with Crippen LogP contribution < -0.4 is 9.47 Å². The minimum absolute atomic E-state index is 0.566. The zero-order chi connectivity index (χ0) is 16.5. The molecular weight excluding hydrogens is 288 g/mol. The number of aryl methyl sites for hydroxylation is 1. The Kier molecular flexibility index (Phi) is 6.42. The lowest BCUT2D eigenvalue weighted by Crippen LogP contribution is -2.06. The highest BCUT2D eigenvalue weighted by Crippen LogP contribution is 2.21. The molecular formula is C20H22O3. The first-order valence-corrected chi connectivity index (χ1v) is 7.74. The molecule has 0 bridgehead atoms. The molecule has 0 aliphatic rings. The van der Waals surface area contributed by atoms with Gasteiger partial charge in [-0.05, 0) is 49.2 Å². The van der Waals surface area contributed by atoms with Gasteiger partial charge in [-0.1, -0.05) is 23.8 Å². The SMILES string of the molecule is C=CCc1cc(C=O)ccc1OCCCOc1ccc(C)cc1. The molecule has 0 aliphatic heterocycles. The number of carbonyl (C=O) groups excluding carboxylic acids is 1. The van der Waals surface area contributed by atoms with E-state index < -0.39 is 0 Å². The zero-order valence-corrected chi connectivity index (χ0v) is 13.5. The molecule has 0 N–H and O–H groups in total. The van der Waals surface area contributed by atoms with E-state index in [-0.39, 0.29) is 0 Å². The Hall–Kier alpha value is -2.55. The predicted octanol–water partition coefficient (Wildman–Crippen LogP) is 4.38. The summed E-state index contributed by atoms with van der Waals surface area (Å²) >= 11 is 0. The van der Waals surface area contributed by atoms with Crippen LogP contribution in [0.4, 0.5) is 0 Å². The van der Waals surface area contributed by atoms with Gasteiger partial charge in [0.15, 0.2) is 0 Å². The van der Waals surface area contributed by atoms with Crippen molar-refractivity contribution in [3.05, 3.63) is 71.8 Å². The Morgan fingerprint density at radius 3 is 2.48 bits per heavy atom. The van der Waals surface area contributed by atoms with Gasteiger partial charge in [-0.2, -0.15) is 0 Å². The van der Waals surface area contributed by atoms with Crippen molar-refractivity contribution >= 4 is 6.29 Å². The molecule has 2 rings (SSSR count). The molecule has 3 nitrogen and oxygen atoms in total. The van der Waals surface area contributed by atoms with E-state index in [1.807, 2.05) is 43.3 Å². The quantitative estimate of drug-likeness (QED) is 0.391. The molecule has 0 unspecified atom stereocenters. The minimum atomic E-state index is 0.566. The summed E-state index contributed by atoms with van der Waals surface area (Å²) in [5, 5.41) is 0. The summed E-state index contributed by atoms with van der Waals surface area (Å²) in [4.78, 5) is 10.8. The summed E-state index contributed by atoms with van der Waals surface area (Å²) in [5.41, 5.74) is 2.84. The van der Waals surface area contributed by atoms with Crippen LogP contribution in [-0.4, -0.2) is 19.5 Å². The number of benzene rings is 2. The van der Waals surface area contributed by atoms with E-state index in [0.29, 0.717) is 25.2 Å². The minimum Gasteiger partial charge on any atom is -0.493 e. The van der Waals surface area contributed by atoms with E-state index in [1.165, 1.54) is 5.56 Å². The first kappa shape index (κ1) is 16.8. The summed E-state index contributed by atoms with van der Waals surface area (Å²) in [7, 11) is 0. The summed E-state index contributed by atoms with van der Waals surface area (Å²) in [5.74, 6) is 1.67. The topological polar surface area (TPSA) is 35.5 Å². The van der Waals surface area contributed by atoms with Crippen molar-refractivity contribution in [3.63, 3.8) is 0 Å². The molecule has 0 saturated heterocycles. The molecule has 3 heteroatoms. The van der Waals surface area contributed by atoms with Crippen molar-refractivity contribution in [2.45, 2.75) is 19.8 Å². The van der Waals surface area contributed by atoms with Crippen molar-refractivity contribution in [1.29, 1.82) is 0 Å². The molecule has 23 heavy (non-hydrogen) atoms.